The van der Waals surface area contributed by atoms with Crippen LogP contribution in [0.4, 0.5) is 0 Å². The summed E-state index contributed by atoms with van der Waals surface area (Å²) in [4.78, 5) is 11.6. The summed E-state index contributed by atoms with van der Waals surface area (Å²) in [5, 5.41) is 2.75. The molecular weight excluding hydrogens is 244 g/mol. The van der Waals surface area contributed by atoms with Gasteiger partial charge in [-0.05, 0) is 19.9 Å². The Balaban J connectivity index is 2.33. The highest BCUT2D eigenvalue weighted by Gasteiger charge is 2.07. The lowest BCUT2D eigenvalue weighted by Crippen LogP contribution is -2.35. The number of hydrogen-bond acceptors (Lipinski definition) is 4. The van der Waals surface area contributed by atoms with E-state index in [4.69, 9.17) is 15.2 Å². The van der Waals surface area contributed by atoms with Gasteiger partial charge in [0.25, 0.3) is 5.91 Å². The van der Waals surface area contributed by atoms with E-state index in [-0.39, 0.29) is 18.6 Å². The van der Waals surface area contributed by atoms with Crippen LogP contribution in [0.1, 0.15) is 19.4 Å². The van der Waals surface area contributed by atoms with Gasteiger partial charge in [-0.1, -0.05) is 18.2 Å². The first-order chi connectivity index (χ1) is 9.17. The number of benzene rings is 1. The molecule has 0 aliphatic carbocycles. The highest BCUT2D eigenvalue weighted by molar-refractivity contribution is 5.77. The van der Waals surface area contributed by atoms with E-state index in [0.29, 0.717) is 25.4 Å². The van der Waals surface area contributed by atoms with E-state index >= 15 is 0 Å². The molecule has 0 heterocycles. The molecule has 19 heavy (non-hydrogen) atoms. The Labute approximate surface area is 114 Å². The smallest absolute Gasteiger partial charge is 0.258 e. The van der Waals surface area contributed by atoms with Crippen LogP contribution in [0.3, 0.4) is 0 Å². The maximum atomic E-state index is 11.6. The molecule has 0 aliphatic heterocycles. The fraction of sp³-hybridized carbons (Fsp3) is 0.500. The van der Waals surface area contributed by atoms with Crippen LogP contribution >= 0.6 is 0 Å². The Hall–Kier alpha value is -1.59. The molecule has 1 aromatic rings. The minimum absolute atomic E-state index is 0.00489. The largest absolute Gasteiger partial charge is 0.483 e. The van der Waals surface area contributed by atoms with E-state index in [9.17, 15) is 4.79 Å². The van der Waals surface area contributed by atoms with E-state index in [1.807, 2.05) is 32.0 Å². The summed E-state index contributed by atoms with van der Waals surface area (Å²) in [7, 11) is 0. The van der Waals surface area contributed by atoms with Crippen LogP contribution in [0.25, 0.3) is 0 Å². The molecule has 0 spiro atoms. The van der Waals surface area contributed by atoms with Gasteiger partial charge in [0.05, 0.1) is 6.10 Å². The molecule has 106 valence electrons. The third-order valence-electron chi connectivity index (χ3n) is 2.59. The first-order valence-corrected chi connectivity index (χ1v) is 6.46. The van der Waals surface area contributed by atoms with Crippen molar-refractivity contribution in [1.82, 2.24) is 5.32 Å². The van der Waals surface area contributed by atoms with E-state index in [0.717, 1.165) is 5.56 Å². The van der Waals surface area contributed by atoms with Crippen molar-refractivity contribution in [1.29, 1.82) is 0 Å². The minimum atomic E-state index is -0.168. The summed E-state index contributed by atoms with van der Waals surface area (Å²) < 4.78 is 10.8. The summed E-state index contributed by atoms with van der Waals surface area (Å²) >= 11 is 0. The summed E-state index contributed by atoms with van der Waals surface area (Å²) in [5.41, 5.74) is 6.48. The van der Waals surface area contributed by atoms with Gasteiger partial charge in [-0.15, -0.1) is 0 Å². The maximum Gasteiger partial charge on any atom is 0.258 e. The van der Waals surface area contributed by atoms with E-state index in [2.05, 4.69) is 5.32 Å². The predicted octanol–water partition coefficient (Wildman–Crippen LogP) is 1.07. The Bertz CT molecular complexity index is 396. The lowest BCUT2D eigenvalue weighted by molar-refractivity contribution is -0.123. The first kappa shape index (κ1) is 15.5. The second-order valence-electron chi connectivity index (χ2n) is 4.17. The molecule has 1 amide bonds. The van der Waals surface area contributed by atoms with Gasteiger partial charge in [0.1, 0.15) is 5.75 Å². The number of rotatable bonds is 8. The minimum Gasteiger partial charge on any atom is -0.483 e. The molecule has 1 unspecified atom stereocenters. The Morgan fingerprint density at radius 3 is 2.84 bits per heavy atom. The molecule has 3 N–H and O–H groups in total. The molecule has 5 heteroatoms. The van der Waals surface area contributed by atoms with Gasteiger partial charge in [-0.25, -0.2) is 0 Å². The standard InChI is InChI=1S/C14H22N2O3/c1-3-18-11(2)9-16-14(17)10-19-13-7-5-4-6-12(13)8-15/h4-7,11H,3,8-10,15H2,1-2H3,(H,16,17). The Morgan fingerprint density at radius 1 is 1.42 bits per heavy atom. The van der Waals surface area contributed by atoms with E-state index < -0.39 is 0 Å². The van der Waals surface area contributed by atoms with Crippen LogP contribution in [0, 0.1) is 0 Å². The SMILES string of the molecule is CCOC(C)CNC(=O)COc1ccccc1CN. The molecule has 0 saturated heterocycles. The molecule has 0 saturated carbocycles. The van der Waals surface area contributed by atoms with Crippen LogP contribution in [-0.2, 0) is 16.1 Å². The lowest BCUT2D eigenvalue weighted by atomic mass is 10.2. The number of nitrogens with two attached hydrogens (primary N) is 1. The van der Waals surface area contributed by atoms with Crippen molar-refractivity contribution in [2.45, 2.75) is 26.5 Å². The third-order valence-corrected chi connectivity index (χ3v) is 2.59. The molecule has 1 rings (SSSR count). The molecule has 1 aromatic carbocycles. The molecule has 0 bridgehead atoms. The maximum absolute atomic E-state index is 11.6. The molecule has 0 radical (unpaired) electrons. The zero-order valence-corrected chi connectivity index (χ0v) is 11.5. The monoisotopic (exact) mass is 266 g/mol. The number of para-hydroxylation sites is 1. The molecule has 1 atom stereocenters. The molecular formula is C14H22N2O3. The average Bonchev–Trinajstić information content (AvgIpc) is 2.43. The summed E-state index contributed by atoms with van der Waals surface area (Å²) in [6, 6.07) is 7.42. The number of ether oxygens (including phenoxy) is 2. The summed E-state index contributed by atoms with van der Waals surface area (Å²) in [6.45, 7) is 5.32. The molecule has 0 aromatic heterocycles. The quantitative estimate of drug-likeness (QED) is 0.738. The van der Waals surface area contributed by atoms with Gasteiger partial charge in [0, 0.05) is 25.3 Å². The van der Waals surface area contributed by atoms with Crippen molar-refractivity contribution in [2.75, 3.05) is 19.8 Å². The Kier molecular flexibility index (Phi) is 6.92. The van der Waals surface area contributed by atoms with Crippen molar-refractivity contribution >= 4 is 5.91 Å². The number of carbonyl (C=O) groups excluding carboxylic acids is 1. The van der Waals surface area contributed by atoms with Crippen LogP contribution < -0.4 is 15.8 Å². The summed E-state index contributed by atoms with van der Waals surface area (Å²) in [6.07, 6.45) is 0.00489. The summed E-state index contributed by atoms with van der Waals surface area (Å²) in [5.74, 6) is 0.483. The van der Waals surface area contributed by atoms with Crippen molar-refractivity contribution in [3.8, 4) is 5.75 Å². The fourth-order valence-corrected chi connectivity index (χ4v) is 1.61. The van der Waals surface area contributed by atoms with Crippen LogP contribution in [0.15, 0.2) is 24.3 Å². The van der Waals surface area contributed by atoms with Crippen molar-refractivity contribution in [3.05, 3.63) is 29.8 Å². The van der Waals surface area contributed by atoms with Gasteiger partial charge in [0.2, 0.25) is 0 Å². The predicted molar refractivity (Wildman–Crippen MR) is 73.9 cm³/mol. The van der Waals surface area contributed by atoms with Crippen molar-refractivity contribution < 1.29 is 14.3 Å². The molecule has 0 aliphatic rings. The van der Waals surface area contributed by atoms with E-state index in [1.165, 1.54) is 0 Å². The van der Waals surface area contributed by atoms with Crippen LogP contribution in [0.5, 0.6) is 5.75 Å². The van der Waals surface area contributed by atoms with Gasteiger partial charge >= 0.3 is 0 Å². The second-order valence-corrected chi connectivity index (χ2v) is 4.17. The number of amides is 1. The molecule has 0 fully saturated rings. The lowest BCUT2D eigenvalue weighted by Gasteiger charge is -2.13. The normalized spacial score (nSPS) is 11.9. The zero-order chi connectivity index (χ0) is 14.1. The number of hydrogen-bond donors (Lipinski definition) is 2. The molecule has 5 nitrogen and oxygen atoms in total. The van der Waals surface area contributed by atoms with Gasteiger partial charge in [-0.2, -0.15) is 0 Å². The Morgan fingerprint density at radius 2 is 2.16 bits per heavy atom. The van der Waals surface area contributed by atoms with Crippen LogP contribution in [-0.4, -0.2) is 31.8 Å². The average molecular weight is 266 g/mol. The van der Waals surface area contributed by atoms with Gasteiger partial charge < -0.3 is 20.5 Å². The van der Waals surface area contributed by atoms with Crippen molar-refractivity contribution in [3.63, 3.8) is 0 Å². The topological polar surface area (TPSA) is 73.6 Å². The fourth-order valence-electron chi connectivity index (χ4n) is 1.61. The van der Waals surface area contributed by atoms with Crippen LogP contribution in [0.2, 0.25) is 0 Å². The van der Waals surface area contributed by atoms with Gasteiger partial charge in [0.15, 0.2) is 6.61 Å². The first-order valence-electron chi connectivity index (χ1n) is 6.46. The third kappa shape index (κ3) is 5.72. The number of nitrogens with one attached hydrogen (secondary N) is 1. The highest BCUT2D eigenvalue weighted by Crippen LogP contribution is 2.16. The zero-order valence-electron chi connectivity index (χ0n) is 11.5. The number of carbonyl (C=O) groups is 1. The van der Waals surface area contributed by atoms with E-state index in [1.54, 1.807) is 6.07 Å². The second kappa shape index (κ2) is 8.50. The van der Waals surface area contributed by atoms with Gasteiger partial charge in [-0.3, -0.25) is 4.79 Å². The van der Waals surface area contributed by atoms with Crippen molar-refractivity contribution in [2.24, 2.45) is 5.73 Å². The highest BCUT2D eigenvalue weighted by atomic mass is 16.5.